The number of hydrogen-bond acceptors (Lipinski definition) is 3. The Morgan fingerprint density at radius 3 is 2.47 bits per heavy atom. The zero-order valence-electron chi connectivity index (χ0n) is 10.1. The Labute approximate surface area is 107 Å². The van der Waals surface area contributed by atoms with Crippen molar-refractivity contribution in [2.45, 2.75) is 31.3 Å². The van der Waals surface area contributed by atoms with Gasteiger partial charge in [-0.3, -0.25) is 0 Å². The van der Waals surface area contributed by atoms with Crippen LogP contribution in [0.2, 0.25) is 5.02 Å². The number of nitrogens with zero attached hydrogens (tertiary/aromatic N) is 1. The van der Waals surface area contributed by atoms with Crippen LogP contribution >= 0.6 is 11.6 Å². The van der Waals surface area contributed by atoms with Crippen molar-refractivity contribution in [2.75, 3.05) is 7.05 Å². The number of halogens is 1. The van der Waals surface area contributed by atoms with Crippen LogP contribution in [0, 0.1) is 0 Å². The van der Waals surface area contributed by atoms with E-state index in [1.165, 1.54) is 17.4 Å². The second-order valence-corrected chi connectivity index (χ2v) is 6.46. The maximum Gasteiger partial charge on any atom is 0.244 e. The molecule has 0 unspecified atom stereocenters. The number of sulfonamides is 1. The fourth-order valence-corrected chi connectivity index (χ4v) is 3.20. The number of nitrogens with two attached hydrogens (primary N) is 1. The lowest BCUT2D eigenvalue weighted by atomic mass is 10.2. The smallest absolute Gasteiger partial charge is 0.244 e. The molecule has 0 amide bonds. The third kappa shape index (κ3) is 2.98. The molecule has 6 heteroatoms. The summed E-state index contributed by atoms with van der Waals surface area (Å²) in [6.07, 6.45) is 0. The molecule has 0 aliphatic heterocycles. The maximum atomic E-state index is 12.3. The van der Waals surface area contributed by atoms with Gasteiger partial charge in [0.15, 0.2) is 0 Å². The summed E-state index contributed by atoms with van der Waals surface area (Å²) in [5.74, 6) is 0. The third-order valence-electron chi connectivity index (χ3n) is 2.62. The van der Waals surface area contributed by atoms with E-state index in [4.69, 9.17) is 17.3 Å². The van der Waals surface area contributed by atoms with Gasteiger partial charge in [-0.25, -0.2) is 8.42 Å². The van der Waals surface area contributed by atoms with Gasteiger partial charge in [0.2, 0.25) is 10.0 Å². The minimum absolute atomic E-state index is 0.110. The fourth-order valence-electron chi connectivity index (χ4n) is 1.31. The molecule has 0 aliphatic rings. The summed E-state index contributed by atoms with van der Waals surface area (Å²) in [7, 11) is -2.02. The zero-order valence-corrected chi connectivity index (χ0v) is 11.7. The molecule has 0 aliphatic carbocycles. The van der Waals surface area contributed by atoms with E-state index in [2.05, 4.69) is 0 Å². The largest absolute Gasteiger partial charge is 0.326 e. The summed E-state index contributed by atoms with van der Waals surface area (Å²) in [5.41, 5.74) is 6.24. The first kappa shape index (κ1) is 14.4. The molecule has 1 aromatic rings. The first-order chi connectivity index (χ1) is 7.80. The van der Waals surface area contributed by atoms with Crippen LogP contribution in [0.1, 0.15) is 19.4 Å². The van der Waals surface area contributed by atoms with Crippen molar-refractivity contribution in [3.05, 3.63) is 28.8 Å². The average molecular weight is 277 g/mol. The summed E-state index contributed by atoms with van der Waals surface area (Å²) in [6, 6.07) is 4.68. The standard InChI is InChI=1S/C11H17ClN2O2S/c1-8(2)14(3)17(15,16)11-6-9(7-13)4-5-10(11)12/h4-6,8H,7,13H2,1-3H3. The lowest BCUT2D eigenvalue weighted by molar-refractivity contribution is 0.410. The first-order valence-corrected chi connectivity index (χ1v) is 7.09. The molecule has 1 rings (SSSR count). The Kier molecular flexibility index (Phi) is 4.55. The monoisotopic (exact) mass is 276 g/mol. The van der Waals surface area contributed by atoms with Crippen LogP contribution in [-0.2, 0) is 16.6 Å². The van der Waals surface area contributed by atoms with E-state index in [1.807, 2.05) is 0 Å². The number of rotatable bonds is 4. The quantitative estimate of drug-likeness (QED) is 0.912. The van der Waals surface area contributed by atoms with Crippen LogP contribution in [0.25, 0.3) is 0 Å². The Balaban J connectivity index is 3.32. The van der Waals surface area contributed by atoms with Crippen LogP contribution in [0.4, 0.5) is 0 Å². The van der Waals surface area contributed by atoms with E-state index in [0.717, 1.165) is 5.56 Å². The molecule has 0 bridgehead atoms. The van der Waals surface area contributed by atoms with Gasteiger partial charge >= 0.3 is 0 Å². The molecule has 2 N–H and O–H groups in total. The molecule has 0 heterocycles. The van der Waals surface area contributed by atoms with Crippen molar-refractivity contribution in [1.29, 1.82) is 0 Å². The SMILES string of the molecule is CC(C)N(C)S(=O)(=O)c1cc(CN)ccc1Cl. The summed E-state index contributed by atoms with van der Waals surface area (Å²) in [4.78, 5) is 0.110. The highest BCUT2D eigenvalue weighted by Crippen LogP contribution is 2.26. The van der Waals surface area contributed by atoms with Gasteiger partial charge in [0.25, 0.3) is 0 Å². The van der Waals surface area contributed by atoms with Gasteiger partial charge < -0.3 is 5.73 Å². The molecule has 0 aromatic heterocycles. The molecule has 0 spiro atoms. The second-order valence-electron chi connectivity index (χ2n) is 4.08. The van der Waals surface area contributed by atoms with Gasteiger partial charge in [-0.1, -0.05) is 17.7 Å². The molecule has 0 fully saturated rings. The normalized spacial score (nSPS) is 12.4. The highest BCUT2D eigenvalue weighted by molar-refractivity contribution is 7.89. The maximum absolute atomic E-state index is 12.3. The van der Waals surface area contributed by atoms with Crippen molar-refractivity contribution >= 4 is 21.6 Å². The molecule has 0 saturated carbocycles. The van der Waals surface area contributed by atoms with E-state index in [1.54, 1.807) is 26.0 Å². The Bertz CT molecular complexity index is 500. The molecule has 1 aromatic carbocycles. The van der Waals surface area contributed by atoms with E-state index >= 15 is 0 Å². The van der Waals surface area contributed by atoms with Gasteiger partial charge in [0.1, 0.15) is 4.90 Å². The summed E-state index contributed by atoms with van der Waals surface area (Å²) >= 11 is 5.94. The van der Waals surface area contributed by atoms with Crippen LogP contribution in [0.5, 0.6) is 0 Å². The molecule has 17 heavy (non-hydrogen) atoms. The molecular formula is C11H17ClN2O2S. The van der Waals surface area contributed by atoms with Crippen molar-refractivity contribution in [1.82, 2.24) is 4.31 Å². The second kappa shape index (κ2) is 5.35. The van der Waals surface area contributed by atoms with Crippen LogP contribution in [0.3, 0.4) is 0 Å². The van der Waals surface area contributed by atoms with Crippen LogP contribution < -0.4 is 5.73 Å². The Hall–Kier alpha value is -0.620. The Morgan fingerprint density at radius 1 is 1.41 bits per heavy atom. The molecule has 0 saturated heterocycles. The Morgan fingerprint density at radius 2 is 2.00 bits per heavy atom. The zero-order chi connectivity index (χ0) is 13.2. The lowest BCUT2D eigenvalue weighted by Crippen LogP contribution is -2.33. The molecule has 96 valence electrons. The van der Waals surface area contributed by atoms with E-state index in [0.29, 0.717) is 0 Å². The van der Waals surface area contributed by atoms with Gasteiger partial charge in [-0.2, -0.15) is 4.31 Å². The van der Waals surface area contributed by atoms with Gasteiger partial charge in [0, 0.05) is 19.6 Å². The number of hydrogen-bond donors (Lipinski definition) is 1. The van der Waals surface area contributed by atoms with Crippen molar-refractivity contribution in [3.63, 3.8) is 0 Å². The van der Waals surface area contributed by atoms with E-state index in [-0.39, 0.29) is 22.5 Å². The minimum Gasteiger partial charge on any atom is -0.326 e. The fraction of sp³-hybridized carbons (Fsp3) is 0.455. The third-order valence-corrected chi connectivity index (χ3v) is 5.13. The molecule has 0 atom stereocenters. The molecular weight excluding hydrogens is 260 g/mol. The highest BCUT2D eigenvalue weighted by atomic mass is 35.5. The summed E-state index contributed by atoms with van der Waals surface area (Å²) in [5, 5.41) is 0.217. The van der Waals surface area contributed by atoms with Crippen LogP contribution in [0.15, 0.2) is 23.1 Å². The van der Waals surface area contributed by atoms with Gasteiger partial charge in [-0.05, 0) is 31.5 Å². The lowest BCUT2D eigenvalue weighted by Gasteiger charge is -2.21. The number of benzene rings is 1. The van der Waals surface area contributed by atoms with Gasteiger partial charge in [0.05, 0.1) is 5.02 Å². The molecule has 0 radical (unpaired) electrons. The predicted molar refractivity (Wildman–Crippen MR) is 69.4 cm³/mol. The minimum atomic E-state index is -3.56. The van der Waals surface area contributed by atoms with Gasteiger partial charge in [-0.15, -0.1) is 0 Å². The average Bonchev–Trinajstić information content (AvgIpc) is 2.28. The van der Waals surface area contributed by atoms with E-state index in [9.17, 15) is 8.42 Å². The van der Waals surface area contributed by atoms with E-state index < -0.39 is 10.0 Å². The summed E-state index contributed by atoms with van der Waals surface area (Å²) < 4.78 is 25.8. The highest BCUT2D eigenvalue weighted by Gasteiger charge is 2.25. The van der Waals surface area contributed by atoms with Crippen LogP contribution in [-0.4, -0.2) is 25.8 Å². The molecule has 4 nitrogen and oxygen atoms in total. The van der Waals surface area contributed by atoms with Crippen molar-refractivity contribution < 1.29 is 8.42 Å². The van der Waals surface area contributed by atoms with Crippen molar-refractivity contribution in [2.24, 2.45) is 5.73 Å². The topological polar surface area (TPSA) is 63.4 Å². The summed E-state index contributed by atoms with van der Waals surface area (Å²) in [6.45, 7) is 3.89. The van der Waals surface area contributed by atoms with Crippen molar-refractivity contribution in [3.8, 4) is 0 Å². The first-order valence-electron chi connectivity index (χ1n) is 5.27. The predicted octanol–water partition coefficient (Wildman–Crippen LogP) is 1.83.